The molecule has 1 aromatic heterocycles. The molecule has 3 rings (SSSR count). The van der Waals surface area contributed by atoms with Crippen molar-refractivity contribution in [3.05, 3.63) is 78.8 Å². The third kappa shape index (κ3) is 3.70. The molecule has 0 aliphatic rings. The summed E-state index contributed by atoms with van der Waals surface area (Å²) in [6, 6.07) is 16.3. The van der Waals surface area contributed by atoms with Crippen LogP contribution in [0.5, 0.6) is 0 Å². The van der Waals surface area contributed by atoms with Crippen LogP contribution < -0.4 is 11.5 Å². The molecule has 127 valence electrons. The van der Waals surface area contributed by atoms with Gasteiger partial charge in [0.2, 0.25) is 0 Å². The number of rotatable bonds is 5. The normalized spacial score (nSPS) is 13.4. The van der Waals surface area contributed by atoms with Gasteiger partial charge in [-0.1, -0.05) is 36.4 Å². The predicted molar refractivity (Wildman–Crippen MR) is 98.8 cm³/mol. The molecule has 1 unspecified atom stereocenters. The number of nitrogens with two attached hydrogens (primary N) is 2. The van der Waals surface area contributed by atoms with Crippen LogP contribution in [0.15, 0.2) is 60.8 Å². The van der Waals surface area contributed by atoms with E-state index in [9.17, 15) is 5.11 Å². The number of hydrogen-bond acceptors (Lipinski definition) is 4. The van der Waals surface area contributed by atoms with Crippen molar-refractivity contribution in [1.29, 1.82) is 5.41 Å². The molecule has 0 fully saturated rings. The Balaban J connectivity index is 1.81. The molecule has 6 N–H and O–H groups in total. The Hall–Kier alpha value is -3.12. The van der Waals surface area contributed by atoms with Crippen molar-refractivity contribution >= 4 is 11.5 Å². The van der Waals surface area contributed by atoms with E-state index in [0.717, 1.165) is 11.1 Å². The Labute approximate surface area is 146 Å². The van der Waals surface area contributed by atoms with E-state index in [1.807, 2.05) is 42.5 Å². The molecule has 1 atom stereocenters. The van der Waals surface area contributed by atoms with Gasteiger partial charge >= 0.3 is 0 Å². The van der Waals surface area contributed by atoms with Crippen molar-refractivity contribution in [2.24, 2.45) is 5.73 Å². The van der Waals surface area contributed by atoms with Gasteiger partial charge in [0.15, 0.2) is 5.72 Å². The molecule has 0 aliphatic carbocycles. The molecule has 6 heteroatoms. The molecule has 0 saturated heterocycles. The highest BCUT2D eigenvalue weighted by Gasteiger charge is 2.24. The van der Waals surface area contributed by atoms with Crippen LogP contribution in [0.1, 0.15) is 11.1 Å². The van der Waals surface area contributed by atoms with Gasteiger partial charge in [0.1, 0.15) is 5.84 Å². The molecule has 6 nitrogen and oxygen atoms in total. The fraction of sp³-hybridized carbons (Fsp3) is 0.105. The van der Waals surface area contributed by atoms with Gasteiger partial charge in [0.05, 0.1) is 5.69 Å². The lowest BCUT2D eigenvalue weighted by Crippen LogP contribution is -2.33. The first kappa shape index (κ1) is 16.7. The molecule has 0 bridgehead atoms. The van der Waals surface area contributed by atoms with E-state index in [2.05, 4.69) is 12.0 Å². The van der Waals surface area contributed by atoms with Gasteiger partial charge in [-0.05, 0) is 23.8 Å². The summed E-state index contributed by atoms with van der Waals surface area (Å²) in [5.74, 6) is 0.00953. The number of aliphatic hydroxyl groups is 1. The molecular formula is C19H20N5O. The van der Waals surface area contributed by atoms with E-state index in [1.165, 1.54) is 4.68 Å². The zero-order valence-electron chi connectivity index (χ0n) is 13.7. The van der Waals surface area contributed by atoms with Crippen molar-refractivity contribution in [3.8, 4) is 11.3 Å². The van der Waals surface area contributed by atoms with E-state index in [4.69, 9.17) is 16.9 Å². The zero-order chi connectivity index (χ0) is 18.0. The third-order valence-electron chi connectivity index (χ3n) is 3.95. The van der Waals surface area contributed by atoms with Crippen LogP contribution >= 0.6 is 0 Å². The second kappa shape index (κ2) is 6.41. The van der Waals surface area contributed by atoms with Crippen molar-refractivity contribution in [2.75, 3.05) is 5.73 Å². The van der Waals surface area contributed by atoms with Gasteiger partial charge in [-0.15, -0.1) is 0 Å². The van der Waals surface area contributed by atoms with Crippen molar-refractivity contribution in [3.63, 3.8) is 0 Å². The average molecular weight is 334 g/mol. The minimum atomic E-state index is -1.43. The largest absolute Gasteiger partial charge is 0.399 e. The summed E-state index contributed by atoms with van der Waals surface area (Å²) in [5.41, 5.74) is 13.6. The summed E-state index contributed by atoms with van der Waals surface area (Å²) >= 11 is 0. The molecule has 1 heterocycles. The Morgan fingerprint density at radius 3 is 2.56 bits per heavy atom. The van der Waals surface area contributed by atoms with Crippen LogP contribution in [0.2, 0.25) is 0 Å². The lowest BCUT2D eigenvalue weighted by Gasteiger charge is -2.24. The smallest absolute Gasteiger partial charge is 0.161 e. The number of anilines is 1. The average Bonchev–Trinajstić information content (AvgIpc) is 3.06. The number of nitrogens with one attached hydrogen (secondary N) is 1. The molecule has 2 aromatic carbocycles. The molecule has 0 saturated carbocycles. The Kier molecular flexibility index (Phi) is 4.29. The maximum atomic E-state index is 10.7. The standard InChI is InChI=1S/C19H20N5O/c1-19(25,12-13-5-7-14(8-6-13)18(21)22)24-10-9-17(23-24)15-3-2-4-16(20)11-15/h2-11,25H,1,12,20H2,(H3,21,22). The SMILES string of the molecule is [CH2]C(O)(Cc1ccc(C(=N)N)cc1)n1ccc(-c2cccc(N)c2)n1. The zero-order valence-corrected chi connectivity index (χ0v) is 13.7. The summed E-state index contributed by atoms with van der Waals surface area (Å²) < 4.78 is 1.43. The summed E-state index contributed by atoms with van der Waals surface area (Å²) in [7, 11) is 0. The predicted octanol–water partition coefficient (Wildman–Crippen LogP) is 2.14. The fourth-order valence-corrected chi connectivity index (χ4v) is 2.62. The number of benzene rings is 2. The van der Waals surface area contributed by atoms with Crippen molar-refractivity contribution in [1.82, 2.24) is 9.78 Å². The highest BCUT2D eigenvalue weighted by atomic mass is 16.3. The van der Waals surface area contributed by atoms with Crippen LogP contribution in [-0.2, 0) is 12.1 Å². The van der Waals surface area contributed by atoms with Gasteiger partial charge in [0.25, 0.3) is 0 Å². The second-order valence-corrected chi connectivity index (χ2v) is 6.04. The van der Waals surface area contributed by atoms with E-state index in [1.54, 1.807) is 18.3 Å². The maximum absolute atomic E-state index is 10.7. The summed E-state index contributed by atoms with van der Waals surface area (Å²) in [6.07, 6.45) is 1.96. The minimum absolute atomic E-state index is 0.00953. The summed E-state index contributed by atoms with van der Waals surface area (Å²) in [4.78, 5) is 0. The van der Waals surface area contributed by atoms with Crippen LogP contribution in [0.4, 0.5) is 5.69 Å². The highest BCUT2D eigenvalue weighted by molar-refractivity contribution is 5.94. The lowest BCUT2D eigenvalue weighted by molar-refractivity contribution is -0.00132. The summed E-state index contributed by atoms with van der Waals surface area (Å²) in [5, 5.41) is 22.6. The van der Waals surface area contributed by atoms with Gasteiger partial charge in [-0.2, -0.15) is 5.10 Å². The van der Waals surface area contributed by atoms with Crippen LogP contribution in [0, 0.1) is 12.3 Å². The lowest BCUT2D eigenvalue weighted by atomic mass is 10.0. The Morgan fingerprint density at radius 1 is 1.20 bits per heavy atom. The number of aromatic nitrogens is 2. The van der Waals surface area contributed by atoms with Gasteiger partial charge < -0.3 is 16.6 Å². The van der Waals surface area contributed by atoms with Crippen molar-refractivity contribution in [2.45, 2.75) is 12.1 Å². The molecule has 0 aliphatic heterocycles. The van der Waals surface area contributed by atoms with Gasteiger partial charge in [-0.25, -0.2) is 4.68 Å². The van der Waals surface area contributed by atoms with Crippen LogP contribution in [0.25, 0.3) is 11.3 Å². The van der Waals surface area contributed by atoms with E-state index in [0.29, 0.717) is 16.9 Å². The number of nitrogen functional groups attached to an aromatic ring is 2. The molecule has 25 heavy (non-hydrogen) atoms. The van der Waals surface area contributed by atoms with E-state index < -0.39 is 5.72 Å². The molecule has 1 radical (unpaired) electrons. The minimum Gasteiger partial charge on any atom is -0.399 e. The van der Waals surface area contributed by atoms with Gasteiger partial charge in [-0.3, -0.25) is 5.41 Å². The monoisotopic (exact) mass is 334 g/mol. The maximum Gasteiger partial charge on any atom is 0.161 e. The first-order valence-corrected chi connectivity index (χ1v) is 7.78. The first-order chi connectivity index (χ1) is 11.8. The number of hydrogen-bond donors (Lipinski definition) is 4. The second-order valence-electron chi connectivity index (χ2n) is 6.04. The molecule has 3 aromatic rings. The third-order valence-corrected chi connectivity index (χ3v) is 3.95. The number of amidine groups is 1. The Bertz CT molecular complexity index is 896. The van der Waals surface area contributed by atoms with Crippen molar-refractivity contribution < 1.29 is 5.11 Å². The fourth-order valence-electron chi connectivity index (χ4n) is 2.62. The molecular weight excluding hydrogens is 314 g/mol. The number of nitrogens with zero attached hydrogens (tertiary/aromatic N) is 2. The van der Waals surface area contributed by atoms with E-state index in [-0.39, 0.29) is 12.3 Å². The highest BCUT2D eigenvalue weighted by Crippen LogP contribution is 2.23. The summed E-state index contributed by atoms with van der Waals surface area (Å²) in [6.45, 7) is 3.88. The van der Waals surface area contributed by atoms with Gasteiger partial charge in [0, 0.05) is 36.4 Å². The topological polar surface area (TPSA) is 114 Å². The van der Waals surface area contributed by atoms with Crippen LogP contribution in [-0.4, -0.2) is 20.7 Å². The quantitative estimate of drug-likeness (QED) is 0.325. The first-order valence-electron chi connectivity index (χ1n) is 7.78. The van der Waals surface area contributed by atoms with Crippen LogP contribution in [0.3, 0.4) is 0 Å². The molecule has 0 spiro atoms. The Morgan fingerprint density at radius 2 is 1.92 bits per heavy atom. The van der Waals surface area contributed by atoms with E-state index >= 15 is 0 Å². The molecule has 0 amide bonds.